The molecule has 1 aromatic heterocycles. The van der Waals surface area contributed by atoms with Gasteiger partial charge in [-0.2, -0.15) is 0 Å². The van der Waals surface area contributed by atoms with E-state index in [0.29, 0.717) is 23.9 Å². The Labute approximate surface area is 186 Å². The van der Waals surface area contributed by atoms with E-state index in [-0.39, 0.29) is 11.0 Å². The van der Waals surface area contributed by atoms with Crippen molar-refractivity contribution >= 4 is 25.9 Å². The molecule has 0 unspecified atom stereocenters. The van der Waals surface area contributed by atoms with E-state index in [1.165, 1.54) is 7.11 Å². The number of hydrogen-bond acceptors (Lipinski definition) is 4. The van der Waals surface area contributed by atoms with Gasteiger partial charge < -0.3 is 13.7 Å². The van der Waals surface area contributed by atoms with E-state index in [1.807, 2.05) is 12.1 Å². The number of aromatic nitrogens is 2. The fourth-order valence-electron chi connectivity index (χ4n) is 2.87. The maximum Gasteiger partial charge on any atom is 0.337 e. The Kier molecular flexibility index (Phi) is 8.31. The fourth-order valence-corrected chi connectivity index (χ4v) is 4.05. The van der Waals surface area contributed by atoms with Gasteiger partial charge in [-0.3, -0.25) is 0 Å². The average molecular weight is 451 g/mol. The molecule has 2 rings (SSSR count). The summed E-state index contributed by atoms with van der Waals surface area (Å²) < 4.78 is 13.4. The van der Waals surface area contributed by atoms with E-state index in [1.54, 1.807) is 12.1 Å². The minimum atomic E-state index is -1.92. The third kappa shape index (κ3) is 5.96. The van der Waals surface area contributed by atoms with E-state index in [4.69, 9.17) is 20.8 Å². The molecule has 166 valence electrons. The molecular formula is C23H35ClN2O3Si. The number of hydrogen-bond donors (Lipinski definition) is 0. The largest absolute Gasteiger partial charge is 0.465 e. The quantitative estimate of drug-likeness (QED) is 0.335. The lowest BCUT2D eigenvalue weighted by Crippen LogP contribution is -2.40. The molecular weight excluding hydrogens is 416 g/mol. The highest BCUT2D eigenvalue weighted by atomic mass is 35.5. The Balaban J connectivity index is 2.32. The molecule has 0 aliphatic carbocycles. The molecule has 0 saturated carbocycles. The second-order valence-electron chi connectivity index (χ2n) is 9.19. The van der Waals surface area contributed by atoms with Crippen LogP contribution in [0, 0.1) is 0 Å². The van der Waals surface area contributed by atoms with Gasteiger partial charge in [-0.05, 0) is 42.2 Å². The summed E-state index contributed by atoms with van der Waals surface area (Å²) in [6.45, 7) is 14.4. The van der Waals surface area contributed by atoms with Gasteiger partial charge >= 0.3 is 5.97 Å². The standard InChI is InChI=1S/C23H35ClN2O3Si/c1-8-9-10-20-25-21(24)19(16-29-30(6,7)23(2,3)4)26(20)15-17-11-13-18(14-12-17)22(27)28-5/h11-14H,8-10,15-16H2,1-7H3. The van der Waals surface area contributed by atoms with Crippen molar-refractivity contribution in [2.45, 2.75) is 78.2 Å². The van der Waals surface area contributed by atoms with E-state index in [0.717, 1.165) is 36.3 Å². The molecule has 0 amide bonds. The van der Waals surface area contributed by atoms with Crippen LogP contribution in [0.15, 0.2) is 24.3 Å². The molecule has 30 heavy (non-hydrogen) atoms. The molecule has 1 heterocycles. The topological polar surface area (TPSA) is 53.4 Å². The summed E-state index contributed by atoms with van der Waals surface area (Å²) in [7, 11) is -0.530. The average Bonchev–Trinajstić information content (AvgIpc) is 2.98. The van der Waals surface area contributed by atoms with Crippen LogP contribution in [0.3, 0.4) is 0 Å². The second-order valence-corrected chi connectivity index (χ2v) is 14.4. The first kappa shape index (κ1) is 24.6. The lowest BCUT2D eigenvalue weighted by molar-refractivity contribution is 0.0600. The number of esters is 1. The van der Waals surface area contributed by atoms with E-state index in [9.17, 15) is 4.79 Å². The SMILES string of the molecule is CCCCc1nc(Cl)c(CO[Si](C)(C)C(C)(C)C)n1Cc1ccc(C(=O)OC)cc1. The monoisotopic (exact) mass is 450 g/mol. The van der Waals surface area contributed by atoms with Gasteiger partial charge in [-0.1, -0.05) is 57.8 Å². The van der Waals surface area contributed by atoms with Gasteiger partial charge in [-0.25, -0.2) is 9.78 Å². The number of halogens is 1. The highest BCUT2D eigenvalue weighted by molar-refractivity contribution is 6.74. The number of unbranched alkanes of at least 4 members (excludes halogenated alkanes) is 1. The molecule has 1 aromatic carbocycles. The zero-order valence-electron chi connectivity index (χ0n) is 19.3. The summed E-state index contributed by atoms with van der Waals surface area (Å²) >= 11 is 6.57. The maximum atomic E-state index is 11.7. The Morgan fingerprint density at radius 1 is 1.20 bits per heavy atom. The normalized spacial score (nSPS) is 12.3. The predicted octanol–water partition coefficient (Wildman–Crippen LogP) is 6.24. The van der Waals surface area contributed by atoms with Crippen molar-refractivity contribution in [1.82, 2.24) is 9.55 Å². The number of benzene rings is 1. The van der Waals surface area contributed by atoms with Crippen LogP contribution in [-0.2, 0) is 28.7 Å². The second kappa shape index (κ2) is 10.1. The number of ether oxygens (including phenoxy) is 1. The smallest absolute Gasteiger partial charge is 0.337 e. The Hall–Kier alpha value is -1.63. The molecule has 5 nitrogen and oxygen atoms in total. The van der Waals surface area contributed by atoms with Crippen LogP contribution in [0.5, 0.6) is 0 Å². The molecule has 7 heteroatoms. The highest BCUT2D eigenvalue weighted by Crippen LogP contribution is 2.37. The summed E-state index contributed by atoms with van der Waals surface area (Å²) in [6, 6.07) is 7.47. The first-order valence-corrected chi connectivity index (χ1v) is 13.8. The Bertz CT molecular complexity index is 855. The molecule has 2 aromatic rings. The van der Waals surface area contributed by atoms with Crippen LogP contribution in [0.2, 0.25) is 23.3 Å². The third-order valence-electron chi connectivity index (χ3n) is 5.95. The van der Waals surface area contributed by atoms with Crippen molar-refractivity contribution in [3.05, 3.63) is 52.1 Å². The Morgan fingerprint density at radius 2 is 1.83 bits per heavy atom. The molecule has 0 fully saturated rings. The lowest BCUT2D eigenvalue weighted by atomic mass is 10.1. The number of aryl methyl sites for hydroxylation is 1. The molecule has 0 N–H and O–H groups in total. The van der Waals surface area contributed by atoms with Gasteiger partial charge in [0.2, 0.25) is 0 Å². The number of rotatable bonds is 9. The zero-order valence-corrected chi connectivity index (χ0v) is 21.1. The first-order chi connectivity index (χ1) is 14.0. The van der Waals surface area contributed by atoms with Crippen LogP contribution < -0.4 is 0 Å². The highest BCUT2D eigenvalue weighted by Gasteiger charge is 2.37. The number of nitrogens with zero attached hydrogens (tertiary/aromatic N) is 2. The molecule has 0 saturated heterocycles. The summed E-state index contributed by atoms with van der Waals surface area (Å²) in [5, 5.41) is 0.644. The van der Waals surface area contributed by atoms with Crippen LogP contribution in [0.4, 0.5) is 0 Å². The van der Waals surface area contributed by atoms with Gasteiger partial charge in [0.05, 0.1) is 25.0 Å². The van der Waals surface area contributed by atoms with Crippen molar-refractivity contribution in [1.29, 1.82) is 0 Å². The van der Waals surface area contributed by atoms with Crippen molar-refractivity contribution < 1.29 is 14.0 Å². The van der Waals surface area contributed by atoms with E-state index in [2.05, 4.69) is 50.3 Å². The lowest BCUT2D eigenvalue weighted by Gasteiger charge is -2.36. The van der Waals surface area contributed by atoms with Gasteiger partial charge in [0.25, 0.3) is 0 Å². The summed E-state index contributed by atoms with van der Waals surface area (Å²) in [5.41, 5.74) is 2.53. The molecule has 0 aliphatic rings. The minimum absolute atomic E-state index is 0.124. The van der Waals surface area contributed by atoms with Gasteiger partial charge in [-0.15, -0.1) is 0 Å². The number of methoxy groups -OCH3 is 1. The van der Waals surface area contributed by atoms with Gasteiger partial charge in [0, 0.05) is 13.0 Å². The van der Waals surface area contributed by atoms with Crippen LogP contribution in [0.1, 0.15) is 68.0 Å². The van der Waals surface area contributed by atoms with Gasteiger partial charge in [0.1, 0.15) is 5.82 Å². The molecule has 0 aliphatic heterocycles. The first-order valence-electron chi connectivity index (χ1n) is 10.5. The minimum Gasteiger partial charge on any atom is -0.465 e. The molecule has 0 bridgehead atoms. The third-order valence-corrected chi connectivity index (χ3v) is 10.7. The van der Waals surface area contributed by atoms with Crippen molar-refractivity contribution in [3.8, 4) is 0 Å². The van der Waals surface area contributed by atoms with E-state index >= 15 is 0 Å². The van der Waals surface area contributed by atoms with Crippen LogP contribution >= 0.6 is 11.6 Å². The van der Waals surface area contributed by atoms with Crippen molar-refractivity contribution in [2.24, 2.45) is 0 Å². The number of carbonyl (C=O) groups is 1. The summed E-state index contributed by atoms with van der Waals surface area (Å²) in [5.74, 6) is 0.645. The fraction of sp³-hybridized carbons (Fsp3) is 0.565. The van der Waals surface area contributed by atoms with Crippen LogP contribution in [-0.4, -0.2) is 30.9 Å². The predicted molar refractivity (Wildman–Crippen MR) is 125 cm³/mol. The number of carbonyl (C=O) groups excluding carboxylic acids is 1. The van der Waals surface area contributed by atoms with Gasteiger partial charge in [0.15, 0.2) is 13.5 Å². The maximum absolute atomic E-state index is 11.7. The summed E-state index contributed by atoms with van der Waals surface area (Å²) in [4.78, 5) is 16.4. The molecule has 0 atom stereocenters. The van der Waals surface area contributed by atoms with Crippen LogP contribution in [0.25, 0.3) is 0 Å². The molecule has 0 radical (unpaired) electrons. The van der Waals surface area contributed by atoms with Crippen molar-refractivity contribution in [3.63, 3.8) is 0 Å². The molecule has 0 spiro atoms. The van der Waals surface area contributed by atoms with Crippen molar-refractivity contribution in [2.75, 3.05) is 7.11 Å². The summed E-state index contributed by atoms with van der Waals surface area (Å²) in [6.07, 6.45) is 3.02. The number of imidazole rings is 1. The van der Waals surface area contributed by atoms with E-state index < -0.39 is 8.32 Å². The Morgan fingerprint density at radius 3 is 2.37 bits per heavy atom. The zero-order chi connectivity index (χ0) is 22.5.